The van der Waals surface area contributed by atoms with Gasteiger partial charge in [0.25, 0.3) is 5.56 Å². The topological polar surface area (TPSA) is 57.2 Å². The second-order valence-corrected chi connectivity index (χ2v) is 5.18. The second kappa shape index (κ2) is 6.54. The van der Waals surface area contributed by atoms with E-state index in [0.29, 0.717) is 12.2 Å². The van der Waals surface area contributed by atoms with Gasteiger partial charge in [-0.3, -0.25) is 4.79 Å². The first-order chi connectivity index (χ1) is 10.0. The second-order valence-electron chi connectivity index (χ2n) is 4.74. The summed E-state index contributed by atoms with van der Waals surface area (Å²) in [6.45, 7) is 2.73. The molecular formula is C16H18N2O2S. The third-order valence-corrected chi connectivity index (χ3v) is 3.39. The normalized spacial score (nSPS) is 10.4. The lowest BCUT2D eigenvalue weighted by Gasteiger charge is -2.12. The average molecular weight is 302 g/mol. The molecule has 0 atom stereocenters. The van der Waals surface area contributed by atoms with Crippen LogP contribution in [0.2, 0.25) is 0 Å². The van der Waals surface area contributed by atoms with Crippen LogP contribution in [-0.2, 0) is 7.05 Å². The highest BCUT2D eigenvalue weighted by molar-refractivity contribution is 7.80. The summed E-state index contributed by atoms with van der Waals surface area (Å²) in [4.78, 5) is 12.3. The number of hydrogen-bond donors (Lipinski definition) is 1. The number of ether oxygens (including phenoxy) is 1. The van der Waals surface area contributed by atoms with E-state index in [4.69, 9.17) is 22.7 Å². The van der Waals surface area contributed by atoms with Gasteiger partial charge in [0.15, 0.2) is 0 Å². The van der Waals surface area contributed by atoms with Crippen LogP contribution in [0.4, 0.5) is 0 Å². The highest BCUT2D eigenvalue weighted by atomic mass is 32.1. The number of nitrogens with two attached hydrogens (primary N) is 1. The lowest BCUT2D eigenvalue weighted by molar-refractivity contribution is 0.317. The molecule has 0 saturated carbocycles. The maximum atomic E-state index is 12.2. The zero-order chi connectivity index (χ0) is 15.4. The number of benzene rings is 1. The van der Waals surface area contributed by atoms with Gasteiger partial charge in [0.1, 0.15) is 10.7 Å². The molecule has 2 N–H and O–H groups in total. The van der Waals surface area contributed by atoms with Gasteiger partial charge < -0.3 is 15.0 Å². The summed E-state index contributed by atoms with van der Waals surface area (Å²) in [5.41, 5.74) is 7.42. The van der Waals surface area contributed by atoms with Gasteiger partial charge in [0.05, 0.1) is 17.9 Å². The lowest BCUT2D eigenvalue weighted by atomic mass is 10.1. The Morgan fingerprint density at radius 3 is 2.76 bits per heavy atom. The molecule has 0 radical (unpaired) electrons. The molecular weight excluding hydrogens is 284 g/mol. The Morgan fingerprint density at radius 1 is 1.33 bits per heavy atom. The van der Waals surface area contributed by atoms with Crippen molar-refractivity contribution in [3.63, 3.8) is 0 Å². The Balaban J connectivity index is 2.45. The molecule has 2 rings (SSSR count). The van der Waals surface area contributed by atoms with Crippen molar-refractivity contribution < 1.29 is 4.74 Å². The van der Waals surface area contributed by atoms with E-state index in [2.05, 4.69) is 6.92 Å². The first-order valence-corrected chi connectivity index (χ1v) is 7.18. The minimum Gasteiger partial charge on any atom is -0.494 e. The number of pyridine rings is 1. The fraction of sp³-hybridized carbons (Fsp3) is 0.250. The number of aromatic nitrogens is 1. The predicted molar refractivity (Wildman–Crippen MR) is 88.8 cm³/mol. The maximum absolute atomic E-state index is 12.2. The van der Waals surface area contributed by atoms with Crippen molar-refractivity contribution in [2.24, 2.45) is 12.8 Å². The zero-order valence-corrected chi connectivity index (χ0v) is 12.9. The molecule has 0 bridgehead atoms. The smallest absolute Gasteiger partial charge is 0.261 e. The van der Waals surface area contributed by atoms with E-state index in [1.165, 1.54) is 0 Å². The summed E-state index contributed by atoms with van der Waals surface area (Å²) in [6, 6.07) is 11.2. The third kappa shape index (κ3) is 3.31. The fourth-order valence-electron chi connectivity index (χ4n) is 2.08. The molecule has 0 amide bonds. The Morgan fingerprint density at radius 2 is 2.10 bits per heavy atom. The minimum atomic E-state index is -0.195. The van der Waals surface area contributed by atoms with E-state index in [1.807, 2.05) is 30.3 Å². The van der Waals surface area contributed by atoms with E-state index in [-0.39, 0.29) is 10.5 Å². The maximum Gasteiger partial charge on any atom is 0.261 e. The van der Waals surface area contributed by atoms with Gasteiger partial charge >= 0.3 is 0 Å². The fourth-order valence-corrected chi connectivity index (χ4v) is 2.23. The monoisotopic (exact) mass is 302 g/mol. The Bertz CT molecular complexity index is 722. The molecule has 1 heterocycles. The molecule has 0 aliphatic rings. The molecule has 2 aromatic rings. The van der Waals surface area contributed by atoms with Crippen LogP contribution in [0.25, 0.3) is 11.3 Å². The van der Waals surface area contributed by atoms with Crippen LogP contribution in [0, 0.1) is 0 Å². The largest absolute Gasteiger partial charge is 0.494 e. The van der Waals surface area contributed by atoms with Crippen LogP contribution in [-0.4, -0.2) is 16.2 Å². The van der Waals surface area contributed by atoms with Crippen molar-refractivity contribution in [2.75, 3.05) is 6.61 Å². The lowest BCUT2D eigenvalue weighted by Crippen LogP contribution is -2.28. The molecule has 0 aliphatic heterocycles. The summed E-state index contributed by atoms with van der Waals surface area (Å²) >= 11 is 4.88. The highest BCUT2D eigenvalue weighted by Crippen LogP contribution is 2.23. The van der Waals surface area contributed by atoms with Crippen LogP contribution >= 0.6 is 12.2 Å². The van der Waals surface area contributed by atoms with E-state index in [0.717, 1.165) is 23.4 Å². The first kappa shape index (κ1) is 15.3. The molecule has 5 heteroatoms. The SMILES string of the molecule is CCCOc1cccc(-c2ccc(C(N)=S)c(=O)n2C)c1. The summed E-state index contributed by atoms with van der Waals surface area (Å²) in [7, 11) is 1.71. The molecule has 1 aromatic heterocycles. The Kier molecular flexibility index (Phi) is 4.75. The average Bonchev–Trinajstić information content (AvgIpc) is 2.47. The van der Waals surface area contributed by atoms with Crippen LogP contribution < -0.4 is 16.0 Å². The molecule has 0 saturated heterocycles. The van der Waals surface area contributed by atoms with Crippen LogP contribution in [0.1, 0.15) is 18.9 Å². The van der Waals surface area contributed by atoms with Crippen molar-refractivity contribution in [1.29, 1.82) is 0 Å². The Hall–Kier alpha value is -2.14. The molecule has 4 nitrogen and oxygen atoms in total. The molecule has 0 fully saturated rings. The van der Waals surface area contributed by atoms with E-state index in [1.54, 1.807) is 17.7 Å². The van der Waals surface area contributed by atoms with Gasteiger partial charge in [0, 0.05) is 12.6 Å². The van der Waals surface area contributed by atoms with Crippen molar-refractivity contribution in [2.45, 2.75) is 13.3 Å². The van der Waals surface area contributed by atoms with Crippen molar-refractivity contribution in [1.82, 2.24) is 4.57 Å². The number of thiocarbonyl (C=S) groups is 1. The molecule has 110 valence electrons. The molecule has 21 heavy (non-hydrogen) atoms. The molecule has 0 spiro atoms. The van der Waals surface area contributed by atoms with Crippen molar-refractivity contribution >= 4 is 17.2 Å². The molecule has 0 unspecified atom stereocenters. The van der Waals surface area contributed by atoms with E-state index >= 15 is 0 Å². The van der Waals surface area contributed by atoms with Gasteiger partial charge in [0.2, 0.25) is 0 Å². The van der Waals surface area contributed by atoms with Gasteiger partial charge in [-0.15, -0.1) is 0 Å². The predicted octanol–water partition coefficient (Wildman–Crippen LogP) is 2.48. The third-order valence-electron chi connectivity index (χ3n) is 3.17. The first-order valence-electron chi connectivity index (χ1n) is 6.77. The zero-order valence-electron chi connectivity index (χ0n) is 12.1. The van der Waals surface area contributed by atoms with Gasteiger partial charge in [-0.1, -0.05) is 31.3 Å². The summed E-state index contributed by atoms with van der Waals surface area (Å²) in [6.07, 6.45) is 0.950. The van der Waals surface area contributed by atoms with Gasteiger partial charge in [-0.05, 0) is 30.7 Å². The highest BCUT2D eigenvalue weighted by Gasteiger charge is 2.10. The molecule has 0 aliphatic carbocycles. The van der Waals surface area contributed by atoms with Crippen molar-refractivity contribution in [3.05, 3.63) is 52.3 Å². The van der Waals surface area contributed by atoms with Gasteiger partial charge in [-0.2, -0.15) is 0 Å². The minimum absolute atomic E-state index is 0.113. The summed E-state index contributed by atoms with van der Waals surface area (Å²) in [5, 5.41) is 0. The van der Waals surface area contributed by atoms with Crippen molar-refractivity contribution in [3.8, 4) is 17.0 Å². The Labute approximate surface area is 129 Å². The summed E-state index contributed by atoms with van der Waals surface area (Å²) < 4.78 is 7.17. The standard InChI is InChI=1S/C16H18N2O2S/c1-3-9-20-12-6-4-5-11(10-12)14-8-7-13(15(17)21)16(19)18(14)2/h4-8,10H,3,9H2,1-2H3,(H2,17,21). The van der Waals surface area contributed by atoms with E-state index in [9.17, 15) is 4.79 Å². The van der Waals surface area contributed by atoms with E-state index < -0.39 is 0 Å². The number of nitrogens with zero attached hydrogens (tertiary/aromatic N) is 1. The quantitative estimate of drug-likeness (QED) is 0.862. The van der Waals surface area contributed by atoms with Crippen LogP contribution in [0.15, 0.2) is 41.2 Å². The van der Waals surface area contributed by atoms with Crippen LogP contribution in [0.3, 0.4) is 0 Å². The summed E-state index contributed by atoms with van der Waals surface area (Å²) in [5.74, 6) is 0.792. The number of rotatable bonds is 5. The number of hydrogen-bond acceptors (Lipinski definition) is 3. The van der Waals surface area contributed by atoms with Gasteiger partial charge in [-0.25, -0.2) is 0 Å². The molecule has 1 aromatic carbocycles. The van der Waals surface area contributed by atoms with Crippen LogP contribution in [0.5, 0.6) is 5.75 Å².